The molecule has 0 radical (unpaired) electrons. The van der Waals surface area contributed by atoms with Crippen molar-refractivity contribution in [2.75, 3.05) is 24.3 Å². The molecule has 1 aromatic carbocycles. The van der Waals surface area contributed by atoms with Crippen molar-refractivity contribution in [1.82, 2.24) is 19.3 Å². The van der Waals surface area contributed by atoms with Gasteiger partial charge in [0.2, 0.25) is 5.91 Å². The molecule has 1 aliphatic heterocycles. The van der Waals surface area contributed by atoms with Gasteiger partial charge in [-0.2, -0.15) is 5.10 Å². The molecule has 4 rings (SSSR count). The number of aryl methyl sites for hydroxylation is 2. The molecular weight excluding hydrogens is 406 g/mol. The van der Waals surface area contributed by atoms with Crippen molar-refractivity contribution in [3.63, 3.8) is 0 Å². The van der Waals surface area contributed by atoms with Gasteiger partial charge < -0.3 is 14.8 Å². The second-order valence-corrected chi connectivity index (χ2v) is 7.68. The van der Waals surface area contributed by atoms with Crippen LogP contribution >= 0.6 is 11.8 Å². The van der Waals surface area contributed by atoms with E-state index in [1.807, 2.05) is 20.8 Å². The third-order valence-corrected chi connectivity index (χ3v) is 5.73. The topological polar surface area (TPSA) is 100 Å². The minimum atomic E-state index is -0.199. The summed E-state index contributed by atoms with van der Waals surface area (Å²) in [5.41, 5.74) is 2.28. The number of amides is 1. The third kappa shape index (κ3) is 3.74. The molecule has 3 aromatic rings. The fraction of sp³-hybridized carbons (Fsp3) is 0.400. The molecule has 3 heterocycles. The molecule has 158 valence electrons. The summed E-state index contributed by atoms with van der Waals surface area (Å²) in [6, 6.07) is 5.28. The van der Waals surface area contributed by atoms with Crippen LogP contribution in [0, 0.1) is 6.92 Å². The van der Waals surface area contributed by atoms with Crippen LogP contribution < -0.4 is 20.3 Å². The zero-order valence-corrected chi connectivity index (χ0v) is 17.9. The highest BCUT2D eigenvalue weighted by Gasteiger charge is 2.18. The van der Waals surface area contributed by atoms with E-state index in [4.69, 9.17) is 9.47 Å². The lowest BCUT2D eigenvalue weighted by Gasteiger charge is -2.19. The molecule has 1 N–H and O–H groups in total. The number of anilines is 1. The van der Waals surface area contributed by atoms with E-state index >= 15 is 0 Å². The Morgan fingerprint density at radius 1 is 1.20 bits per heavy atom. The number of benzene rings is 1. The van der Waals surface area contributed by atoms with Crippen LogP contribution in [-0.4, -0.2) is 44.2 Å². The van der Waals surface area contributed by atoms with Gasteiger partial charge >= 0.3 is 0 Å². The van der Waals surface area contributed by atoms with Crippen LogP contribution in [0.2, 0.25) is 0 Å². The quantitative estimate of drug-likeness (QED) is 0.474. The monoisotopic (exact) mass is 429 g/mol. The second kappa shape index (κ2) is 8.39. The van der Waals surface area contributed by atoms with Gasteiger partial charge in [-0.25, -0.2) is 4.98 Å². The zero-order valence-electron chi connectivity index (χ0n) is 17.1. The van der Waals surface area contributed by atoms with Crippen LogP contribution in [0.1, 0.15) is 19.5 Å². The van der Waals surface area contributed by atoms with E-state index in [-0.39, 0.29) is 17.2 Å². The minimum absolute atomic E-state index is 0.118. The number of ether oxygens (including phenoxy) is 2. The second-order valence-electron chi connectivity index (χ2n) is 6.74. The van der Waals surface area contributed by atoms with Crippen LogP contribution in [0.3, 0.4) is 0 Å². The summed E-state index contributed by atoms with van der Waals surface area (Å²) < 4.78 is 14.3. The summed E-state index contributed by atoms with van der Waals surface area (Å²) in [6.45, 7) is 7.71. The normalized spacial score (nSPS) is 12.9. The van der Waals surface area contributed by atoms with E-state index in [1.165, 1.54) is 11.8 Å². The van der Waals surface area contributed by atoms with Gasteiger partial charge in [0.05, 0.1) is 11.4 Å². The third-order valence-electron chi connectivity index (χ3n) is 4.76. The number of nitrogens with one attached hydrogen (secondary N) is 1. The van der Waals surface area contributed by atoms with E-state index in [9.17, 15) is 9.59 Å². The van der Waals surface area contributed by atoms with Gasteiger partial charge in [0.25, 0.3) is 5.56 Å². The van der Waals surface area contributed by atoms with Crippen LogP contribution in [0.15, 0.2) is 28.2 Å². The van der Waals surface area contributed by atoms with E-state index in [2.05, 4.69) is 15.4 Å². The van der Waals surface area contributed by atoms with Crippen molar-refractivity contribution in [3.8, 4) is 11.5 Å². The Bertz CT molecular complexity index is 1170. The summed E-state index contributed by atoms with van der Waals surface area (Å²) in [5, 5.41) is 7.76. The Kier molecular flexibility index (Phi) is 5.67. The number of hydrogen-bond acceptors (Lipinski definition) is 7. The molecule has 1 aliphatic rings. The number of nitrogens with zero attached hydrogens (tertiary/aromatic N) is 4. The Labute approximate surface area is 177 Å². The van der Waals surface area contributed by atoms with Gasteiger partial charge in [0, 0.05) is 24.8 Å². The number of thioether (sulfide) groups is 1. The standard InChI is InChI=1S/C20H23N5O4S/c1-4-24-19(27)18-17(12(3)23-25(18)5-2)22-20(24)30-11-16(26)21-13-6-7-14-15(10-13)29-9-8-28-14/h6-7,10H,4-5,8-9,11H2,1-3H3,(H,21,26). The van der Waals surface area contributed by atoms with Gasteiger partial charge in [-0.1, -0.05) is 11.8 Å². The first-order valence-corrected chi connectivity index (χ1v) is 10.8. The highest BCUT2D eigenvalue weighted by atomic mass is 32.2. The summed E-state index contributed by atoms with van der Waals surface area (Å²) in [7, 11) is 0. The first kappa shape index (κ1) is 20.3. The number of hydrogen-bond donors (Lipinski definition) is 1. The molecule has 0 unspecified atom stereocenters. The first-order valence-electron chi connectivity index (χ1n) is 9.82. The average molecular weight is 430 g/mol. The molecule has 0 aliphatic carbocycles. The molecule has 0 atom stereocenters. The van der Waals surface area contributed by atoms with Crippen molar-refractivity contribution in [2.45, 2.75) is 39.0 Å². The molecule has 0 saturated heterocycles. The maximum atomic E-state index is 13.0. The number of aromatic nitrogens is 4. The highest BCUT2D eigenvalue weighted by molar-refractivity contribution is 7.99. The van der Waals surface area contributed by atoms with Crippen LogP contribution in [0.5, 0.6) is 11.5 Å². The molecule has 0 saturated carbocycles. The Hall–Kier alpha value is -3.01. The fourth-order valence-electron chi connectivity index (χ4n) is 3.35. The zero-order chi connectivity index (χ0) is 21.3. The number of rotatable bonds is 6. The van der Waals surface area contributed by atoms with Crippen molar-refractivity contribution in [1.29, 1.82) is 0 Å². The molecular formula is C20H23N5O4S. The molecule has 0 spiro atoms. The summed E-state index contributed by atoms with van der Waals surface area (Å²) in [4.78, 5) is 30.1. The molecule has 2 aromatic heterocycles. The largest absolute Gasteiger partial charge is 0.486 e. The average Bonchev–Trinajstić information content (AvgIpc) is 3.08. The summed E-state index contributed by atoms with van der Waals surface area (Å²) in [5.74, 6) is 1.20. The van der Waals surface area contributed by atoms with Crippen molar-refractivity contribution >= 4 is 34.4 Å². The van der Waals surface area contributed by atoms with Crippen LogP contribution in [0.25, 0.3) is 11.0 Å². The predicted molar refractivity (Wildman–Crippen MR) is 115 cm³/mol. The lowest BCUT2D eigenvalue weighted by atomic mass is 10.2. The van der Waals surface area contributed by atoms with E-state index < -0.39 is 0 Å². The van der Waals surface area contributed by atoms with E-state index in [0.29, 0.717) is 65.4 Å². The maximum absolute atomic E-state index is 13.0. The SMILES string of the molecule is CCn1c(SCC(=O)Nc2ccc3c(c2)OCCO3)nc2c(C)nn(CC)c2c1=O. The number of carbonyl (C=O) groups excluding carboxylic acids is 1. The van der Waals surface area contributed by atoms with Gasteiger partial charge in [0.15, 0.2) is 22.2 Å². The first-order chi connectivity index (χ1) is 14.5. The van der Waals surface area contributed by atoms with Gasteiger partial charge in [-0.15, -0.1) is 0 Å². The predicted octanol–water partition coefficient (Wildman–Crippen LogP) is 2.44. The Morgan fingerprint density at radius 3 is 2.70 bits per heavy atom. The minimum Gasteiger partial charge on any atom is -0.486 e. The molecule has 1 amide bonds. The van der Waals surface area contributed by atoms with Gasteiger partial charge in [-0.3, -0.25) is 18.8 Å². The van der Waals surface area contributed by atoms with Gasteiger partial charge in [-0.05, 0) is 32.9 Å². The smallest absolute Gasteiger partial charge is 0.280 e. The number of fused-ring (bicyclic) bond motifs is 2. The summed E-state index contributed by atoms with van der Waals surface area (Å²) >= 11 is 1.23. The molecule has 0 fully saturated rings. The van der Waals surface area contributed by atoms with Gasteiger partial charge in [0.1, 0.15) is 18.7 Å². The molecule has 0 bridgehead atoms. The Morgan fingerprint density at radius 2 is 1.97 bits per heavy atom. The lowest BCUT2D eigenvalue weighted by Crippen LogP contribution is -2.25. The fourth-order valence-corrected chi connectivity index (χ4v) is 4.21. The molecule has 9 nitrogen and oxygen atoms in total. The van der Waals surface area contributed by atoms with Crippen molar-refractivity contribution in [3.05, 3.63) is 34.2 Å². The van der Waals surface area contributed by atoms with Crippen molar-refractivity contribution < 1.29 is 14.3 Å². The molecule has 10 heteroatoms. The summed E-state index contributed by atoms with van der Waals surface area (Å²) in [6.07, 6.45) is 0. The van der Waals surface area contributed by atoms with Crippen LogP contribution in [-0.2, 0) is 17.9 Å². The van der Waals surface area contributed by atoms with Crippen molar-refractivity contribution in [2.24, 2.45) is 0 Å². The lowest BCUT2D eigenvalue weighted by molar-refractivity contribution is -0.113. The molecule has 30 heavy (non-hydrogen) atoms. The van der Waals surface area contributed by atoms with E-state index in [0.717, 1.165) is 0 Å². The van der Waals surface area contributed by atoms with Crippen LogP contribution in [0.4, 0.5) is 5.69 Å². The number of carbonyl (C=O) groups is 1. The van der Waals surface area contributed by atoms with E-state index in [1.54, 1.807) is 27.4 Å². The Balaban J connectivity index is 1.52. The highest BCUT2D eigenvalue weighted by Crippen LogP contribution is 2.32. The maximum Gasteiger partial charge on any atom is 0.280 e.